The van der Waals surface area contributed by atoms with Crippen molar-refractivity contribution in [3.05, 3.63) is 35.7 Å². The number of nitrogens with two attached hydrogens (primary N) is 1. The first-order chi connectivity index (χ1) is 6.22. The van der Waals surface area contributed by atoms with Gasteiger partial charge in [-0.15, -0.1) is 0 Å². The van der Waals surface area contributed by atoms with Gasteiger partial charge >= 0.3 is 0 Å². The van der Waals surface area contributed by atoms with Crippen molar-refractivity contribution in [2.45, 2.75) is 6.42 Å². The summed E-state index contributed by atoms with van der Waals surface area (Å²) in [7, 11) is 0. The van der Waals surface area contributed by atoms with Gasteiger partial charge < -0.3 is 10.8 Å². The van der Waals surface area contributed by atoms with Gasteiger partial charge in [-0.05, 0) is 30.7 Å². The summed E-state index contributed by atoms with van der Waals surface area (Å²) in [4.78, 5) is 0. The maximum absolute atomic E-state index is 12.7. The van der Waals surface area contributed by atoms with Crippen LogP contribution in [0.15, 0.2) is 24.3 Å². The number of hydrogen-bond donors (Lipinski definition) is 2. The summed E-state index contributed by atoms with van der Waals surface area (Å²) in [5.74, 6) is -0.500. The normalized spacial score (nSPS) is 10.9. The van der Waals surface area contributed by atoms with Crippen LogP contribution in [0.1, 0.15) is 12.0 Å². The van der Waals surface area contributed by atoms with Gasteiger partial charge in [0.25, 0.3) is 0 Å². The minimum Gasteiger partial charge on any atom is -0.508 e. The Kier molecular flexibility index (Phi) is 3.46. The third-order valence-electron chi connectivity index (χ3n) is 1.55. The second-order valence-corrected chi connectivity index (χ2v) is 2.72. The molecule has 2 nitrogen and oxygen atoms in total. The highest BCUT2D eigenvalue weighted by Crippen LogP contribution is 2.15. The number of phenolic OH excluding ortho intramolecular Hbond substituents is 1. The van der Waals surface area contributed by atoms with E-state index in [4.69, 9.17) is 10.8 Å². The molecule has 0 amide bonds. The molecule has 0 fully saturated rings. The number of phenols is 1. The highest BCUT2D eigenvalue weighted by atomic mass is 19.1. The summed E-state index contributed by atoms with van der Waals surface area (Å²) in [6.07, 6.45) is 4.32. The van der Waals surface area contributed by atoms with E-state index in [1.165, 1.54) is 12.1 Å². The molecule has 0 aliphatic carbocycles. The van der Waals surface area contributed by atoms with Gasteiger partial charge in [0, 0.05) is 6.07 Å². The highest BCUT2D eigenvalue weighted by molar-refractivity contribution is 5.51. The molecule has 70 valence electrons. The molecule has 0 unspecified atom stereocenters. The van der Waals surface area contributed by atoms with Gasteiger partial charge in [-0.1, -0.05) is 12.2 Å². The fraction of sp³-hybridized carbons (Fsp3) is 0.200. The smallest absolute Gasteiger partial charge is 0.127 e. The van der Waals surface area contributed by atoms with E-state index in [1.807, 2.05) is 6.08 Å². The molecule has 3 N–H and O–H groups in total. The Bertz CT molecular complexity index is 290. The van der Waals surface area contributed by atoms with Crippen LogP contribution in [0.5, 0.6) is 5.75 Å². The molecule has 0 aliphatic rings. The molecule has 3 heteroatoms. The van der Waals surface area contributed by atoms with Crippen LogP contribution < -0.4 is 5.73 Å². The summed E-state index contributed by atoms with van der Waals surface area (Å²) in [6.45, 7) is 0.567. The molecule has 0 radical (unpaired) electrons. The third kappa shape index (κ3) is 3.25. The van der Waals surface area contributed by atoms with Crippen LogP contribution in [-0.2, 0) is 0 Å². The average molecular weight is 181 g/mol. The van der Waals surface area contributed by atoms with Crippen LogP contribution >= 0.6 is 0 Å². The quantitative estimate of drug-likeness (QED) is 0.748. The lowest BCUT2D eigenvalue weighted by Gasteiger charge is -1.96. The lowest BCUT2D eigenvalue weighted by atomic mass is 10.2. The Morgan fingerprint density at radius 2 is 2.15 bits per heavy atom. The van der Waals surface area contributed by atoms with Gasteiger partial charge in [-0.2, -0.15) is 0 Å². The molecule has 0 saturated carbocycles. The standard InChI is InChI=1S/C10H12FNO/c11-9-5-8(3-1-2-4-12)6-10(13)7-9/h1,3,5-7,13H,2,4,12H2. The number of benzene rings is 1. The maximum Gasteiger partial charge on any atom is 0.127 e. The minimum atomic E-state index is -0.438. The van der Waals surface area contributed by atoms with E-state index in [0.29, 0.717) is 12.1 Å². The predicted molar refractivity (Wildman–Crippen MR) is 50.8 cm³/mol. The van der Waals surface area contributed by atoms with E-state index in [9.17, 15) is 4.39 Å². The van der Waals surface area contributed by atoms with Crippen molar-refractivity contribution in [2.75, 3.05) is 6.54 Å². The van der Waals surface area contributed by atoms with E-state index >= 15 is 0 Å². The zero-order valence-electron chi connectivity index (χ0n) is 7.20. The predicted octanol–water partition coefficient (Wildman–Crippen LogP) is 1.89. The molecule has 1 aromatic carbocycles. The summed E-state index contributed by atoms with van der Waals surface area (Å²) < 4.78 is 12.7. The van der Waals surface area contributed by atoms with Gasteiger partial charge in [0.1, 0.15) is 11.6 Å². The number of rotatable bonds is 3. The van der Waals surface area contributed by atoms with Crippen molar-refractivity contribution in [1.29, 1.82) is 0 Å². The van der Waals surface area contributed by atoms with Crippen molar-refractivity contribution in [1.82, 2.24) is 0 Å². The van der Waals surface area contributed by atoms with E-state index < -0.39 is 5.82 Å². The second-order valence-electron chi connectivity index (χ2n) is 2.72. The van der Waals surface area contributed by atoms with Crippen LogP contribution in [0, 0.1) is 5.82 Å². The Labute approximate surface area is 76.5 Å². The summed E-state index contributed by atoms with van der Waals surface area (Å²) >= 11 is 0. The van der Waals surface area contributed by atoms with Crippen molar-refractivity contribution < 1.29 is 9.50 Å². The highest BCUT2D eigenvalue weighted by Gasteiger charge is 1.95. The molecule has 1 rings (SSSR count). The van der Waals surface area contributed by atoms with Crippen LogP contribution in [0.3, 0.4) is 0 Å². The van der Waals surface area contributed by atoms with E-state index in [1.54, 1.807) is 6.08 Å². The molecule has 0 saturated heterocycles. The first kappa shape index (κ1) is 9.74. The van der Waals surface area contributed by atoms with Crippen LogP contribution in [0.4, 0.5) is 4.39 Å². The average Bonchev–Trinajstić information content (AvgIpc) is 2.03. The van der Waals surface area contributed by atoms with Gasteiger partial charge in [-0.3, -0.25) is 0 Å². The Morgan fingerprint density at radius 3 is 2.77 bits per heavy atom. The van der Waals surface area contributed by atoms with Crippen molar-refractivity contribution >= 4 is 6.08 Å². The first-order valence-electron chi connectivity index (χ1n) is 4.08. The summed E-state index contributed by atoms with van der Waals surface area (Å²) in [6, 6.07) is 3.92. The fourth-order valence-electron chi connectivity index (χ4n) is 1.01. The lowest BCUT2D eigenvalue weighted by molar-refractivity contribution is 0.469. The number of hydrogen-bond acceptors (Lipinski definition) is 2. The molecular weight excluding hydrogens is 169 g/mol. The van der Waals surface area contributed by atoms with E-state index in [0.717, 1.165) is 12.5 Å². The van der Waals surface area contributed by atoms with Crippen molar-refractivity contribution in [3.63, 3.8) is 0 Å². The van der Waals surface area contributed by atoms with Crippen molar-refractivity contribution in [3.8, 4) is 5.75 Å². The number of halogens is 1. The van der Waals surface area contributed by atoms with E-state index in [2.05, 4.69) is 0 Å². The number of aromatic hydroxyl groups is 1. The molecule has 0 spiro atoms. The topological polar surface area (TPSA) is 46.2 Å². The monoisotopic (exact) mass is 181 g/mol. The van der Waals surface area contributed by atoms with Crippen LogP contribution in [0.2, 0.25) is 0 Å². The Morgan fingerprint density at radius 1 is 1.38 bits per heavy atom. The molecular formula is C10H12FNO. The molecule has 0 aliphatic heterocycles. The Balaban J connectivity index is 2.77. The van der Waals surface area contributed by atoms with E-state index in [-0.39, 0.29) is 5.75 Å². The van der Waals surface area contributed by atoms with Gasteiger partial charge in [0.15, 0.2) is 0 Å². The van der Waals surface area contributed by atoms with Crippen LogP contribution in [0.25, 0.3) is 6.08 Å². The third-order valence-corrected chi connectivity index (χ3v) is 1.55. The molecule has 13 heavy (non-hydrogen) atoms. The Hall–Kier alpha value is -1.35. The molecule has 1 aromatic rings. The zero-order chi connectivity index (χ0) is 9.68. The van der Waals surface area contributed by atoms with Gasteiger partial charge in [0.2, 0.25) is 0 Å². The molecule has 0 aromatic heterocycles. The first-order valence-corrected chi connectivity index (χ1v) is 4.08. The maximum atomic E-state index is 12.7. The van der Waals surface area contributed by atoms with Gasteiger partial charge in [0.05, 0.1) is 0 Å². The van der Waals surface area contributed by atoms with Crippen LogP contribution in [-0.4, -0.2) is 11.7 Å². The SMILES string of the molecule is NCCC=Cc1cc(O)cc(F)c1. The molecule has 0 bridgehead atoms. The largest absolute Gasteiger partial charge is 0.508 e. The lowest BCUT2D eigenvalue weighted by Crippen LogP contribution is -1.94. The second kappa shape index (κ2) is 4.62. The zero-order valence-corrected chi connectivity index (χ0v) is 7.20. The minimum absolute atomic E-state index is 0.0626. The fourth-order valence-corrected chi connectivity index (χ4v) is 1.01. The van der Waals surface area contributed by atoms with Gasteiger partial charge in [-0.25, -0.2) is 4.39 Å². The molecule has 0 atom stereocenters. The molecule has 0 heterocycles. The summed E-state index contributed by atoms with van der Waals surface area (Å²) in [5.41, 5.74) is 5.92. The summed E-state index contributed by atoms with van der Waals surface area (Å²) in [5, 5.41) is 9.05. The van der Waals surface area contributed by atoms with Crippen molar-refractivity contribution in [2.24, 2.45) is 5.73 Å².